The normalized spacial score (nSPS) is 34.1. The smallest absolute Gasteiger partial charge is 0.306 e. The molecule has 0 aromatic heterocycles. The Kier molecular flexibility index (Phi) is 4.31. The molecule has 0 radical (unpaired) electrons. The van der Waals surface area contributed by atoms with Crippen LogP contribution in [0.2, 0.25) is 0 Å². The minimum Gasteiger partial charge on any atom is -0.469 e. The topological polar surface area (TPSA) is 44.8 Å². The molecule has 0 aromatic rings. The van der Waals surface area contributed by atoms with Gasteiger partial charge in [0.25, 0.3) is 0 Å². The first kappa shape index (κ1) is 16.2. The van der Waals surface area contributed by atoms with E-state index in [9.17, 15) is 4.79 Å². The van der Waals surface area contributed by atoms with Gasteiger partial charge in [-0.1, -0.05) is 32.6 Å². The Labute approximate surface area is 127 Å². The number of methoxy groups -OCH3 is 2. The van der Waals surface area contributed by atoms with Crippen LogP contribution in [0.15, 0.2) is 24.3 Å². The fourth-order valence-corrected chi connectivity index (χ4v) is 4.37. The van der Waals surface area contributed by atoms with Crippen LogP contribution in [-0.2, 0) is 19.0 Å². The number of fused-ring (bicyclic) bond motifs is 1. The molecule has 0 saturated heterocycles. The lowest BCUT2D eigenvalue weighted by molar-refractivity contribution is -0.144. The maximum atomic E-state index is 11.9. The van der Waals surface area contributed by atoms with Gasteiger partial charge in [0.05, 0.1) is 19.6 Å². The van der Waals surface area contributed by atoms with Gasteiger partial charge >= 0.3 is 5.97 Å². The van der Waals surface area contributed by atoms with Crippen molar-refractivity contribution < 1.29 is 19.0 Å². The number of rotatable bonds is 5. The average Bonchev–Trinajstić information content (AvgIpc) is 2.76. The zero-order chi connectivity index (χ0) is 15.8. The van der Waals surface area contributed by atoms with E-state index in [1.807, 2.05) is 0 Å². The van der Waals surface area contributed by atoms with Crippen molar-refractivity contribution in [3.63, 3.8) is 0 Å². The Morgan fingerprint density at radius 3 is 2.57 bits per heavy atom. The van der Waals surface area contributed by atoms with E-state index in [1.165, 1.54) is 7.11 Å². The highest BCUT2D eigenvalue weighted by molar-refractivity contribution is 5.72. The first-order chi connectivity index (χ1) is 9.78. The molecule has 4 heteroatoms. The minimum absolute atomic E-state index is 0.0260. The maximum absolute atomic E-state index is 11.9. The van der Waals surface area contributed by atoms with Crippen molar-refractivity contribution in [2.75, 3.05) is 21.0 Å². The number of allylic oxidation sites excluding steroid dienone is 2. The molecular weight excluding hydrogens is 268 g/mol. The van der Waals surface area contributed by atoms with Gasteiger partial charge in [0.2, 0.25) is 0 Å². The molecule has 0 bridgehead atoms. The molecule has 0 unspecified atom stereocenters. The maximum Gasteiger partial charge on any atom is 0.306 e. The highest BCUT2D eigenvalue weighted by atomic mass is 16.7. The SMILES string of the molecule is C=C1C[C@@H]2[C@@H](OCOC)C(C)(C)C[C@]2(CC(=O)OC)C1=C. The van der Waals surface area contributed by atoms with E-state index in [0.717, 1.165) is 24.0 Å². The van der Waals surface area contributed by atoms with E-state index in [4.69, 9.17) is 14.2 Å². The number of esters is 1. The van der Waals surface area contributed by atoms with Crippen LogP contribution in [0.25, 0.3) is 0 Å². The second kappa shape index (κ2) is 5.58. The molecule has 0 spiro atoms. The largest absolute Gasteiger partial charge is 0.469 e. The Hall–Kier alpha value is -1.13. The van der Waals surface area contributed by atoms with E-state index < -0.39 is 0 Å². The first-order valence-electron chi connectivity index (χ1n) is 7.33. The van der Waals surface area contributed by atoms with Gasteiger partial charge in [-0.15, -0.1) is 0 Å². The number of carbonyl (C=O) groups excluding carboxylic acids is 1. The Balaban J connectivity index is 2.36. The van der Waals surface area contributed by atoms with Crippen molar-refractivity contribution in [3.8, 4) is 0 Å². The summed E-state index contributed by atoms with van der Waals surface area (Å²) >= 11 is 0. The molecule has 2 fully saturated rings. The third-order valence-corrected chi connectivity index (χ3v) is 5.16. The average molecular weight is 294 g/mol. The Morgan fingerprint density at radius 2 is 2.00 bits per heavy atom. The lowest BCUT2D eigenvalue weighted by atomic mass is 9.73. The molecule has 0 N–H and O–H groups in total. The quantitative estimate of drug-likeness (QED) is 0.577. The zero-order valence-corrected chi connectivity index (χ0v) is 13.5. The number of hydrogen-bond acceptors (Lipinski definition) is 4. The molecule has 2 aliphatic carbocycles. The van der Waals surface area contributed by atoms with Gasteiger partial charge in [0.1, 0.15) is 6.79 Å². The molecule has 2 saturated carbocycles. The van der Waals surface area contributed by atoms with E-state index in [0.29, 0.717) is 6.42 Å². The summed E-state index contributed by atoms with van der Waals surface area (Å²) in [6, 6.07) is 0. The Bertz CT molecular complexity index is 465. The molecular formula is C17H26O4. The monoisotopic (exact) mass is 294 g/mol. The molecule has 21 heavy (non-hydrogen) atoms. The van der Waals surface area contributed by atoms with Crippen molar-refractivity contribution in [1.82, 2.24) is 0 Å². The molecule has 3 atom stereocenters. The summed E-state index contributed by atoms with van der Waals surface area (Å²) in [5.41, 5.74) is 1.70. The molecule has 118 valence electrons. The molecule has 4 nitrogen and oxygen atoms in total. The molecule has 0 amide bonds. The third-order valence-electron chi connectivity index (χ3n) is 5.16. The summed E-state index contributed by atoms with van der Waals surface area (Å²) in [6.45, 7) is 13.0. The van der Waals surface area contributed by atoms with Crippen LogP contribution in [0.3, 0.4) is 0 Å². The lowest BCUT2D eigenvalue weighted by Crippen LogP contribution is -2.33. The highest BCUT2D eigenvalue weighted by Crippen LogP contribution is 2.66. The van der Waals surface area contributed by atoms with Crippen LogP contribution < -0.4 is 0 Å². The first-order valence-corrected chi connectivity index (χ1v) is 7.33. The van der Waals surface area contributed by atoms with Crippen molar-refractivity contribution in [3.05, 3.63) is 24.3 Å². The van der Waals surface area contributed by atoms with Gasteiger partial charge in [-0.2, -0.15) is 0 Å². The predicted molar refractivity (Wildman–Crippen MR) is 80.6 cm³/mol. The summed E-state index contributed by atoms with van der Waals surface area (Å²) in [5, 5.41) is 0. The van der Waals surface area contributed by atoms with Gasteiger partial charge in [-0.25, -0.2) is 0 Å². The standard InChI is InChI=1S/C17H26O4/c1-11-7-13-15(21-10-19-5)16(3,4)9-17(13,12(11)2)8-14(18)20-6/h13,15H,1-2,7-10H2,3-6H3/t13-,15-,17-/m1/s1. The second-order valence-corrected chi connectivity index (χ2v) is 6.96. The van der Waals surface area contributed by atoms with Crippen LogP contribution >= 0.6 is 0 Å². The lowest BCUT2D eigenvalue weighted by Gasteiger charge is -2.30. The number of hydrogen-bond donors (Lipinski definition) is 0. The predicted octanol–water partition coefficient (Wildman–Crippen LogP) is 3.09. The van der Waals surface area contributed by atoms with E-state index in [-0.39, 0.29) is 35.6 Å². The summed E-state index contributed by atoms with van der Waals surface area (Å²) in [6.07, 6.45) is 2.06. The van der Waals surface area contributed by atoms with Crippen LogP contribution in [0, 0.1) is 16.7 Å². The Morgan fingerprint density at radius 1 is 1.33 bits per heavy atom. The van der Waals surface area contributed by atoms with Gasteiger partial charge in [-0.3, -0.25) is 4.79 Å². The third kappa shape index (κ3) is 2.55. The summed E-state index contributed by atoms with van der Waals surface area (Å²) in [7, 11) is 3.05. The van der Waals surface area contributed by atoms with Gasteiger partial charge in [-0.05, 0) is 29.7 Å². The molecule has 0 heterocycles. The van der Waals surface area contributed by atoms with Crippen LogP contribution in [-0.4, -0.2) is 33.1 Å². The molecule has 2 aliphatic rings. The minimum atomic E-state index is -0.286. The molecule has 0 aliphatic heterocycles. The van der Waals surface area contributed by atoms with Crippen LogP contribution in [0.5, 0.6) is 0 Å². The van der Waals surface area contributed by atoms with Gasteiger partial charge < -0.3 is 14.2 Å². The van der Waals surface area contributed by atoms with E-state index in [1.54, 1.807) is 7.11 Å². The molecule has 0 aromatic carbocycles. The summed E-state index contributed by atoms with van der Waals surface area (Å²) < 4.78 is 15.9. The van der Waals surface area contributed by atoms with Crippen molar-refractivity contribution >= 4 is 5.97 Å². The number of ether oxygens (including phenoxy) is 3. The fraction of sp³-hybridized carbons (Fsp3) is 0.706. The van der Waals surface area contributed by atoms with Crippen molar-refractivity contribution in [1.29, 1.82) is 0 Å². The van der Waals surface area contributed by atoms with E-state index >= 15 is 0 Å². The van der Waals surface area contributed by atoms with Crippen LogP contribution in [0.4, 0.5) is 0 Å². The fourth-order valence-electron chi connectivity index (χ4n) is 4.37. The summed E-state index contributed by atoms with van der Waals surface area (Å²) in [5.74, 6) is 0.0146. The van der Waals surface area contributed by atoms with Crippen LogP contribution in [0.1, 0.15) is 33.1 Å². The van der Waals surface area contributed by atoms with E-state index in [2.05, 4.69) is 27.0 Å². The number of carbonyl (C=O) groups is 1. The highest BCUT2D eigenvalue weighted by Gasteiger charge is 2.62. The second-order valence-electron chi connectivity index (χ2n) is 6.96. The van der Waals surface area contributed by atoms with Crippen molar-refractivity contribution in [2.45, 2.75) is 39.2 Å². The van der Waals surface area contributed by atoms with Gasteiger partial charge in [0.15, 0.2) is 0 Å². The molecule has 2 rings (SSSR count). The zero-order valence-electron chi connectivity index (χ0n) is 13.5. The van der Waals surface area contributed by atoms with Gasteiger partial charge in [0, 0.05) is 12.5 Å². The summed E-state index contributed by atoms with van der Waals surface area (Å²) in [4.78, 5) is 11.9. The van der Waals surface area contributed by atoms with Crippen molar-refractivity contribution in [2.24, 2.45) is 16.7 Å².